The molecule has 0 N–H and O–H groups in total. The van der Waals surface area contributed by atoms with Crippen molar-refractivity contribution in [3.05, 3.63) is 34.9 Å². The maximum absolute atomic E-state index is 11.4. The van der Waals surface area contributed by atoms with Gasteiger partial charge in [-0.15, -0.1) is 11.6 Å². The summed E-state index contributed by atoms with van der Waals surface area (Å²) < 4.78 is 5.24. The van der Waals surface area contributed by atoms with Crippen molar-refractivity contribution in [2.24, 2.45) is 0 Å². The van der Waals surface area contributed by atoms with E-state index in [2.05, 4.69) is 0 Å². The minimum Gasteiger partial charge on any atom is -0.439 e. The number of nitrogens with zero attached hydrogens (tertiary/aromatic N) is 1. The molecule has 1 aromatic rings. The smallest absolute Gasteiger partial charge is 0.410 e. The van der Waals surface area contributed by atoms with Gasteiger partial charge in [-0.05, 0) is 17.7 Å². The van der Waals surface area contributed by atoms with Gasteiger partial charge < -0.3 is 9.64 Å². The highest BCUT2D eigenvalue weighted by molar-refractivity contribution is 6.30. The first-order valence-electron chi connectivity index (χ1n) is 4.97. The maximum atomic E-state index is 11.4. The van der Waals surface area contributed by atoms with Gasteiger partial charge in [0.1, 0.15) is 6.10 Å². The lowest BCUT2D eigenvalue weighted by molar-refractivity contribution is 0.133. The molecule has 1 aliphatic rings. The van der Waals surface area contributed by atoms with Crippen molar-refractivity contribution >= 4 is 29.3 Å². The van der Waals surface area contributed by atoms with Gasteiger partial charge in [0.15, 0.2) is 0 Å². The topological polar surface area (TPSA) is 29.5 Å². The van der Waals surface area contributed by atoms with Crippen molar-refractivity contribution in [2.75, 3.05) is 19.0 Å². The molecule has 1 unspecified atom stereocenters. The highest BCUT2D eigenvalue weighted by Gasteiger charge is 2.31. The fourth-order valence-corrected chi connectivity index (χ4v) is 2.08. The van der Waals surface area contributed by atoms with E-state index in [9.17, 15) is 4.79 Å². The van der Waals surface area contributed by atoms with E-state index < -0.39 is 0 Å². The third kappa shape index (κ3) is 2.42. The number of carbonyl (C=O) groups is 1. The molecule has 16 heavy (non-hydrogen) atoms. The Morgan fingerprint density at radius 2 is 2.31 bits per heavy atom. The predicted octanol–water partition coefficient (Wildman–Crippen LogP) is 3.07. The van der Waals surface area contributed by atoms with Gasteiger partial charge >= 0.3 is 6.09 Å². The molecule has 0 spiro atoms. The van der Waals surface area contributed by atoms with Crippen LogP contribution in [0.25, 0.3) is 0 Å². The highest BCUT2D eigenvalue weighted by Crippen LogP contribution is 2.27. The van der Waals surface area contributed by atoms with Gasteiger partial charge in [-0.3, -0.25) is 0 Å². The van der Waals surface area contributed by atoms with Crippen LogP contribution in [-0.4, -0.2) is 30.0 Å². The first-order valence-corrected chi connectivity index (χ1v) is 5.89. The van der Waals surface area contributed by atoms with Gasteiger partial charge in [0.05, 0.1) is 6.54 Å². The van der Waals surface area contributed by atoms with E-state index in [0.717, 1.165) is 5.56 Å². The summed E-state index contributed by atoms with van der Waals surface area (Å²) in [5.74, 6) is 0.414. The molecule has 1 saturated heterocycles. The van der Waals surface area contributed by atoms with Crippen molar-refractivity contribution in [1.82, 2.24) is 4.90 Å². The molecular weight excluding hydrogens is 249 g/mol. The number of amides is 1. The standard InChI is InChI=1S/C11H11Cl2NO2/c12-4-5-14-7-10(16-11(14)15)8-2-1-3-9(13)6-8/h1-3,6,10H,4-5,7H2. The Morgan fingerprint density at radius 1 is 1.50 bits per heavy atom. The Labute approximate surface area is 104 Å². The van der Waals surface area contributed by atoms with Crippen molar-refractivity contribution in [2.45, 2.75) is 6.10 Å². The normalized spacial score (nSPS) is 20.0. The molecule has 1 fully saturated rings. The molecule has 1 aromatic carbocycles. The highest BCUT2D eigenvalue weighted by atomic mass is 35.5. The molecule has 0 saturated carbocycles. The number of alkyl halides is 1. The first kappa shape index (κ1) is 11.6. The van der Waals surface area contributed by atoms with Crippen LogP contribution in [0.5, 0.6) is 0 Å². The van der Waals surface area contributed by atoms with E-state index in [-0.39, 0.29) is 12.2 Å². The molecule has 3 nitrogen and oxygen atoms in total. The van der Waals surface area contributed by atoms with Gasteiger partial charge in [-0.1, -0.05) is 23.7 Å². The maximum Gasteiger partial charge on any atom is 0.410 e. The number of hydrogen-bond acceptors (Lipinski definition) is 2. The average Bonchev–Trinajstić information content (AvgIpc) is 2.61. The van der Waals surface area contributed by atoms with Crippen LogP contribution in [0.2, 0.25) is 5.02 Å². The second-order valence-corrected chi connectivity index (χ2v) is 4.38. The second kappa shape index (κ2) is 4.93. The Kier molecular flexibility index (Phi) is 3.56. The van der Waals surface area contributed by atoms with Crippen LogP contribution in [0.1, 0.15) is 11.7 Å². The quantitative estimate of drug-likeness (QED) is 0.781. The number of rotatable bonds is 3. The first-order chi connectivity index (χ1) is 7.70. The Hall–Kier alpha value is -0.930. The lowest BCUT2D eigenvalue weighted by Crippen LogP contribution is -2.26. The molecule has 2 rings (SSSR count). The summed E-state index contributed by atoms with van der Waals surface area (Å²) in [6.45, 7) is 1.04. The van der Waals surface area contributed by atoms with Crippen molar-refractivity contribution in [3.63, 3.8) is 0 Å². The number of halogens is 2. The largest absolute Gasteiger partial charge is 0.439 e. The van der Waals surface area contributed by atoms with Gasteiger partial charge in [0.2, 0.25) is 0 Å². The lowest BCUT2D eigenvalue weighted by atomic mass is 10.1. The Bertz CT molecular complexity index is 397. The lowest BCUT2D eigenvalue weighted by Gasteiger charge is -2.10. The molecule has 1 atom stereocenters. The summed E-state index contributed by atoms with van der Waals surface area (Å²) in [5.41, 5.74) is 0.915. The molecule has 5 heteroatoms. The number of carbonyl (C=O) groups excluding carboxylic acids is 1. The van der Waals surface area contributed by atoms with Gasteiger partial charge in [0, 0.05) is 17.4 Å². The third-order valence-corrected chi connectivity index (χ3v) is 2.87. The Morgan fingerprint density at radius 3 is 3.00 bits per heavy atom. The van der Waals surface area contributed by atoms with Crippen LogP contribution >= 0.6 is 23.2 Å². The van der Waals surface area contributed by atoms with E-state index in [1.807, 2.05) is 18.2 Å². The van der Waals surface area contributed by atoms with Crippen LogP contribution in [0.15, 0.2) is 24.3 Å². The molecule has 0 aliphatic carbocycles. The fourth-order valence-electron chi connectivity index (χ4n) is 1.67. The second-order valence-electron chi connectivity index (χ2n) is 3.56. The van der Waals surface area contributed by atoms with Gasteiger partial charge in [-0.25, -0.2) is 4.79 Å². The van der Waals surface area contributed by atoms with Crippen molar-refractivity contribution < 1.29 is 9.53 Å². The minimum absolute atomic E-state index is 0.241. The Balaban J connectivity index is 2.10. The van der Waals surface area contributed by atoms with Crippen LogP contribution < -0.4 is 0 Å². The zero-order valence-corrected chi connectivity index (χ0v) is 10.0. The molecule has 0 aromatic heterocycles. The molecule has 1 aliphatic heterocycles. The minimum atomic E-state index is -0.314. The van der Waals surface area contributed by atoms with Crippen LogP contribution in [-0.2, 0) is 4.74 Å². The monoisotopic (exact) mass is 259 g/mol. The zero-order valence-electron chi connectivity index (χ0n) is 8.53. The van der Waals surface area contributed by atoms with Gasteiger partial charge in [0.25, 0.3) is 0 Å². The van der Waals surface area contributed by atoms with E-state index >= 15 is 0 Å². The summed E-state index contributed by atoms with van der Waals surface area (Å²) in [5, 5.41) is 0.643. The zero-order chi connectivity index (χ0) is 11.5. The summed E-state index contributed by atoms with van der Waals surface area (Å²) in [6, 6.07) is 7.34. The van der Waals surface area contributed by atoms with Crippen molar-refractivity contribution in [3.8, 4) is 0 Å². The molecule has 0 bridgehead atoms. The number of ether oxygens (including phenoxy) is 1. The van der Waals surface area contributed by atoms with E-state index in [0.29, 0.717) is 24.0 Å². The summed E-state index contributed by atoms with van der Waals surface area (Å²) in [4.78, 5) is 13.0. The summed E-state index contributed by atoms with van der Waals surface area (Å²) in [7, 11) is 0. The molecule has 0 radical (unpaired) electrons. The van der Waals surface area contributed by atoms with Crippen LogP contribution in [0.3, 0.4) is 0 Å². The van der Waals surface area contributed by atoms with Crippen LogP contribution in [0, 0.1) is 0 Å². The molecular formula is C11H11Cl2NO2. The average molecular weight is 260 g/mol. The van der Waals surface area contributed by atoms with E-state index in [4.69, 9.17) is 27.9 Å². The van der Waals surface area contributed by atoms with E-state index in [1.165, 1.54) is 0 Å². The number of benzene rings is 1. The molecule has 1 heterocycles. The van der Waals surface area contributed by atoms with Gasteiger partial charge in [-0.2, -0.15) is 0 Å². The van der Waals surface area contributed by atoms with E-state index in [1.54, 1.807) is 11.0 Å². The molecule has 1 amide bonds. The summed E-state index contributed by atoms with van der Waals surface area (Å²) in [6.07, 6.45) is -0.556. The summed E-state index contributed by atoms with van der Waals surface area (Å²) >= 11 is 11.5. The number of cyclic esters (lactones) is 1. The predicted molar refractivity (Wildman–Crippen MR) is 63.0 cm³/mol. The SMILES string of the molecule is O=C1OC(c2cccc(Cl)c2)CN1CCCl. The van der Waals surface area contributed by atoms with Crippen LogP contribution in [0.4, 0.5) is 4.79 Å². The number of hydrogen-bond donors (Lipinski definition) is 0. The third-order valence-electron chi connectivity index (χ3n) is 2.46. The molecule has 86 valence electrons. The van der Waals surface area contributed by atoms with Crippen molar-refractivity contribution in [1.29, 1.82) is 0 Å². The fraction of sp³-hybridized carbons (Fsp3) is 0.364.